The summed E-state index contributed by atoms with van der Waals surface area (Å²) in [6, 6.07) is 13.5. The Labute approximate surface area is 168 Å². The summed E-state index contributed by atoms with van der Waals surface area (Å²) in [5, 5.41) is 0. The summed E-state index contributed by atoms with van der Waals surface area (Å²) < 4.78 is 32.8. The Morgan fingerprint density at radius 1 is 1.00 bits per heavy atom. The first kappa shape index (κ1) is 21.7. The molecule has 1 saturated heterocycles. The van der Waals surface area contributed by atoms with E-state index < -0.39 is 10.0 Å². The average Bonchev–Trinajstić information content (AvgIpc) is 2.62. The lowest BCUT2D eigenvalue weighted by molar-refractivity contribution is 0.181. The second-order valence-corrected chi connectivity index (χ2v) is 8.71. The molecule has 0 amide bonds. The molecule has 2 aromatic carbocycles. The molecule has 1 aliphatic rings. The van der Waals surface area contributed by atoms with E-state index in [-0.39, 0.29) is 12.4 Å². The smallest absolute Gasteiger partial charge is 0.243 e. The van der Waals surface area contributed by atoms with Gasteiger partial charge in [0.05, 0.1) is 12.0 Å². The molecule has 0 saturated carbocycles. The Morgan fingerprint density at radius 3 is 2.33 bits per heavy atom. The number of piperazine rings is 1. The minimum atomic E-state index is -3.43. The first-order valence-corrected chi connectivity index (χ1v) is 10.3. The van der Waals surface area contributed by atoms with Gasteiger partial charge >= 0.3 is 0 Å². The highest BCUT2D eigenvalue weighted by Gasteiger charge is 2.29. The highest BCUT2D eigenvalue weighted by Crippen LogP contribution is 2.23. The Kier molecular flexibility index (Phi) is 7.28. The Morgan fingerprint density at radius 2 is 1.70 bits per heavy atom. The van der Waals surface area contributed by atoms with Gasteiger partial charge in [0.2, 0.25) is 10.0 Å². The molecule has 1 aliphatic heterocycles. The molecule has 148 valence electrons. The van der Waals surface area contributed by atoms with Gasteiger partial charge in [0.1, 0.15) is 5.75 Å². The van der Waals surface area contributed by atoms with Crippen LogP contribution in [0.15, 0.2) is 47.4 Å². The van der Waals surface area contributed by atoms with Crippen molar-refractivity contribution in [2.75, 3.05) is 33.3 Å². The molecule has 0 aromatic heterocycles. The van der Waals surface area contributed by atoms with Crippen LogP contribution in [0, 0.1) is 13.8 Å². The molecule has 1 fully saturated rings. The van der Waals surface area contributed by atoms with E-state index in [0.29, 0.717) is 18.0 Å². The van der Waals surface area contributed by atoms with E-state index in [1.807, 2.05) is 44.2 Å². The first-order chi connectivity index (χ1) is 12.4. The van der Waals surface area contributed by atoms with E-state index >= 15 is 0 Å². The van der Waals surface area contributed by atoms with E-state index in [1.165, 1.54) is 5.56 Å². The van der Waals surface area contributed by atoms with Crippen molar-refractivity contribution in [3.05, 3.63) is 59.2 Å². The van der Waals surface area contributed by atoms with E-state index in [0.717, 1.165) is 36.5 Å². The van der Waals surface area contributed by atoms with Crippen LogP contribution in [0.1, 0.15) is 16.7 Å². The molecule has 0 unspecified atom stereocenters. The SMILES string of the molecule is COc1cccc(CN2CCN(S(=O)(=O)c3ccc(C)cc3C)CC2)c1.Cl. The van der Waals surface area contributed by atoms with Gasteiger partial charge in [-0.1, -0.05) is 29.8 Å². The van der Waals surface area contributed by atoms with Crippen LogP contribution in [0.5, 0.6) is 5.75 Å². The maximum absolute atomic E-state index is 13.0. The van der Waals surface area contributed by atoms with Crippen LogP contribution in [-0.4, -0.2) is 50.9 Å². The van der Waals surface area contributed by atoms with E-state index in [4.69, 9.17) is 4.74 Å². The third kappa shape index (κ3) is 5.02. The lowest BCUT2D eigenvalue weighted by Crippen LogP contribution is -2.48. The van der Waals surface area contributed by atoms with Gasteiger partial charge in [-0.15, -0.1) is 12.4 Å². The third-order valence-electron chi connectivity index (χ3n) is 4.82. The molecule has 27 heavy (non-hydrogen) atoms. The number of sulfonamides is 1. The highest BCUT2D eigenvalue weighted by molar-refractivity contribution is 7.89. The maximum atomic E-state index is 13.0. The maximum Gasteiger partial charge on any atom is 0.243 e. The number of benzene rings is 2. The fraction of sp³-hybridized carbons (Fsp3) is 0.400. The quantitative estimate of drug-likeness (QED) is 0.759. The van der Waals surface area contributed by atoms with Gasteiger partial charge in [-0.3, -0.25) is 4.90 Å². The minimum absolute atomic E-state index is 0. The molecule has 0 spiro atoms. The Bertz CT molecular complexity index is 879. The minimum Gasteiger partial charge on any atom is -0.497 e. The average molecular weight is 411 g/mol. The molecule has 7 heteroatoms. The molecule has 0 N–H and O–H groups in total. The van der Waals surface area contributed by atoms with Gasteiger partial charge in [-0.25, -0.2) is 8.42 Å². The summed E-state index contributed by atoms with van der Waals surface area (Å²) in [5.74, 6) is 0.846. The lowest BCUT2D eigenvalue weighted by Gasteiger charge is -2.34. The van der Waals surface area contributed by atoms with Crippen molar-refractivity contribution in [2.45, 2.75) is 25.3 Å². The van der Waals surface area contributed by atoms with Gasteiger partial charge in [0.15, 0.2) is 0 Å². The van der Waals surface area contributed by atoms with Crippen LogP contribution in [-0.2, 0) is 16.6 Å². The number of aryl methyl sites for hydroxylation is 2. The molecule has 5 nitrogen and oxygen atoms in total. The predicted octanol–water partition coefficient (Wildman–Crippen LogP) is 3.24. The fourth-order valence-corrected chi connectivity index (χ4v) is 5.01. The van der Waals surface area contributed by atoms with Gasteiger partial charge in [0.25, 0.3) is 0 Å². The molecule has 0 aliphatic carbocycles. The molecule has 2 aromatic rings. The fourth-order valence-electron chi connectivity index (χ4n) is 3.38. The van der Waals surface area contributed by atoms with E-state index in [1.54, 1.807) is 17.5 Å². The highest BCUT2D eigenvalue weighted by atomic mass is 35.5. The summed E-state index contributed by atoms with van der Waals surface area (Å²) in [7, 11) is -1.77. The second-order valence-electron chi connectivity index (χ2n) is 6.80. The zero-order valence-corrected chi connectivity index (χ0v) is 17.6. The Balaban J connectivity index is 0.00000261. The van der Waals surface area contributed by atoms with Crippen LogP contribution in [0.4, 0.5) is 0 Å². The number of nitrogens with zero attached hydrogens (tertiary/aromatic N) is 2. The summed E-state index contributed by atoms with van der Waals surface area (Å²) in [6.07, 6.45) is 0. The number of hydrogen-bond acceptors (Lipinski definition) is 4. The monoisotopic (exact) mass is 410 g/mol. The van der Waals surface area contributed by atoms with Crippen LogP contribution < -0.4 is 4.74 Å². The van der Waals surface area contributed by atoms with Gasteiger partial charge in [-0.05, 0) is 43.2 Å². The molecule has 1 heterocycles. The van der Waals surface area contributed by atoms with Crippen LogP contribution in [0.25, 0.3) is 0 Å². The summed E-state index contributed by atoms with van der Waals surface area (Å²) in [5.41, 5.74) is 3.06. The van der Waals surface area contributed by atoms with Crippen LogP contribution in [0.3, 0.4) is 0 Å². The van der Waals surface area contributed by atoms with Crippen molar-refractivity contribution >= 4 is 22.4 Å². The molecular weight excluding hydrogens is 384 g/mol. The molecule has 0 atom stereocenters. The summed E-state index contributed by atoms with van der Waals surface area (Å²) >= 11 is 0. The number of hydrogen-bond donors (Lipinski definition) is 0. The molecular formula is C20H27ClN2O3S. The zero-order chi connectivity index (χ0) is 18.7. The van der Waals surface area contributed by atoms with E-state index in [2.05, 4.69) is 11.0 Å². The normalized spacial score (nSPS) is 16.0. The summed E-state index contributed by atoms with van der Waals surface area (Å²) in [6.45, 7) is 7.11. The van der Waals surface area contributed by atoms with Gasteiger partial charge < -0.3 is 4.74 Å². The number of ether oxygens (including phenoxy) is 1. The number of rotatable bonds is 5. The molecule has 0 bridgehead atoms. The zero-order valence-electron chi connectivity index (χ0n) is 16.0. The lowest BCUT2D eigenvalue weighted by atomic mass is 10.2. The topological polar surface area (TPSA) is 49.9 Å². The van der Waals surface area contributed by atoms with Gasteiger partial charge in [-0.2, -0.15) is 4.31 Å². The van der Waals surface area contributed by atoms with Gasteiger partial charge in [0, 0.05) is 32.7 Å². The van der Waals surface area contributed by atoms with Crippen LogP contribution >= 0.6 is 12.4 Å². The van der Waals surface area contributed by atoms with Crippen molar-refractivity contribution in [3.8, 4) is 5.75 Å². The standard InChI is InChI=1S/C20H26N2O3S.ClH/c1-16-7-8-20(17(2)13-16)26(23,24)22-11-9-21(10-12-22)15-18-5-4-6-19(14-18)25-3;/h4-8,13-14H,9-12,15H2,1-3H3;1H. The molecule has 0 radical (unpaired) electrons. The Hall–Kier alpha value is -1.60. The third-order valence-corrected chi connectivity index (χ3v) is 6.88. The first-order valence-electron chi connectivity index (χ1n) is 8.83. The van der Waals surface area contributed by atoms with Crippen molar-refractivity contribution in [1.29, 1.82) is 0 Å². The van der Waals surface area contributed by atoms with Crippen LogP contribution in [0.2, 0.25) is 0 Å². The summed E-state index contributed by atoms with van der Waals surface area (Å²) in [4.78, 5) is 2.70. The van der Waals surface area contributed by atoms with Crippen molar-refractivity contribution in [2.24, 2.45) is 0 Å². The second kappa shape index (κ2) is 9.06. The molecule has 3 rings (SSSR count). The van der Waals surface area contributed by atoms with E-state index in [9.17, 15) is 8.42 Å². The predicted molar refractivity (Wildman–Crippen MR) is 110 cm³/mol. The van der Waals surface area contributed by atoms with Crippen molar-refractivity contribution in [1.82, 2.24) is 9.21 Å². The number of methoxy groups -OCH3 is 1. The van der Waals surface area contributed by atoms with Crippen molar-refractivity contribution < 1.29 is 13.2 Å². The number of halogens is 1. The van der Waals surface area contributed by atoms with Crippen molar-refractivity contribution in [3.63, 3.8) is 0 Å². The largest absolute Gasteiger partial charge is 0.497 e.